The Hall–Kier alpha value is -2.72. The molecule has 4 rings (SSSR count). The van der Waals surface area contributed by atoms with Crippen LogP contribution in [0.4, 0.5) is 23.4 Å². The van der Waals surface area contributed by atoms with Crippen molar-refractivity contribution in [1.82, 2.24) is 19.7 Å². The van der Waals surface area contributed by atoms with E-state index in [2.05, 4.69) is 20.6 Å². The Kier molecular flexibility index (Phi) is 4.70. The summed E-state index contributed by atoms with van der Waals surface area (Å²) in [5.41, 5.74) is -2.02. The van der Waals surface area contributed by atoms with Crippen LogP contribution in [0.2, 0.25) is 0 Å². The van der Waals surface area contributed by atoms with Crippen LogP contribution in [0.25, 0.3) is 17.0 Å². The van der Waals surface area contributed by atoms with E-state index in [4.69, 9.17) is 0 Å². The first-order chi connectivity index (χ1) is 13.7. The molecule has 154 valence electrons. The lowest BCUT2D eigenvalue weighted by Crippen LogP contribution is -2.39. The molecule has 4 heterocycles. The molecule has 1 aliphatic heterocycles. The lowest BCUT2D eigenvalue weighted by molar-refractivity contribution is -0.259. The maximum atomic E-state index is 13.8. The van der Waals surface area contributed by atoms with Gasteiger partial charge in [-0.25, -0.2) is 14.4 Å². The zero-order chi connectivity index (χ0) is 20.8. The average molecular weight is 409 g/mol. The summed E-state index contributed by atoms with van der Waals surface area (Å²) >= 11 is 0. The smallest absolute Gasteiger partial charge is 0.376 e. The minimum Gasteiger partial charge on any atom is -0.376 e. The van der Waals surface area contributed by atoms with Gasteiger partial charge in [0.25, 0.3) is 0 Å². The first-order valence-electron chi connectivity index (χ1n) is 9.02. The third kappa shape index (κ3) is 3.53. The average Bonchev–Trinajstić information content (AvgIpc) is 3.27. The Labute approximate surface area is 163 Å². The molecule has 1 aliphatic rings. The third-order valence-electron chi connectivity index (χ3n) is 5.10. The first-order valence-corrected chi connectivity index (χ1v) is 9.02. The summed E-state index contributed by atoms with van der Waals surface area (Å²) in [5.74, 6) is 0.451. The highest BCUT2D eigenvalue weighted by molar-refractivity contribution is 5.62. The molecule has 10 heteroatoms. The Bertz CT molecular complexity index is 1030. The zero-order valence-electron chi connectivity index (χ0n) is 15.4. The van der Waals surface area contributed by atoms with Crippen LogP contribution in [0.1, 0.15) is 12.5 Å². The topological polar surface area (TPSA) is 74.5 Å². The van der Waals surface area contributed by atoms with E-state index in [0.717, 1.165) is 0 Å². The van der Waals surface area contributed by atoms with Gasteiger partial charge in [-0.2, -0.15) is 13.2 Å². The highest BCUT2D eigenvalue weighted by atomic mass is 19.4. The SMILES string of the molecule is CC(O)(c1ccc2ncc(-c3cccc(NC4CNCC4F)n3)n2c1)C(F)(F)F. The number of nitrogens with one attached hydrogen (secondary N) is 2. The minimum atomic E-state index is -4.83. The number of hydrogen-bond acceptors (Lipinski definition) is 5. The molecular formula is C19H19F4N5O. The van der Waals surface area contributed by atoms with Gasteiger partial charge in [-0.05, 0) is 25.1 Å². The lowest BCUT2D eigenvalue weighted by atomic mass is 9.97. The zero-order valence-corrected chi connectivity index (χ0v) is 15.4. The number of aromatic nitrogens is 3. The molecule has 3 N–H and O–H groups in total. The van der Waals surface area contributed by atoms with Crippen molar-refractivity contribution in [3.05, 3.63) is 48.3 Å². The highest BCUT2D eigenvalue weighted by Gasteiger charge is 2.51. The van der Waals surface area contributed by atoms with Crippen LogP contribution < -0.4 is 10.6 Å². The summed E-state index contributed by atoms with van der Waals surface area (Å²) in [6.45, 7) is 1.45. The van der Waals surface area contributed by atoms with Gasteiger partial charge in [-0.15, -0.1) is 0 Å². The van der Waals surface area contributed by atoms with E-state index < -0.39 is 24.0 Å². The molecule has 0 aromatic carbocycles. The molecule has 6 nitrogen and oxygen atoms in total. The summed E-state index contributed by atoms with van der Waals surface area (Å²) < 4.78 is 54.9. The molecular weight excluding hydrogens is 390 g/mol. The molecule has 0 spiro atoms. The fourth-order valence-corrected chi connectivity index (χ4v) is 3.26. The number of alkyl halides is 4. The predicted molar refractivity (Wildman–Crippen MR) is 99.2 cm³/mol. The Morgan fingerprint density at radius 2 is 2.00 bits per heavy atom. The van der Waals surface area contributed by atoms with Crippen molar-refractivity contribution in [3.63, 3.8) is 0 Å². The summed E-state index contributed by atoms with van der Waals surface area (Å²) in [6.07, 6.45) is -3.18. The van der Waals surface area contributed by atoms with Gasteiger partial charge in [-0.1, -0.05) is 12.1 Å². The number of fused-ring (bicyclic) bond motifs is 1. The lowest BCUT2D eigenvalue weighted by Gasteiger charge is -2.26. The molecule has 29 heavy (non-hydrogen) atoms. The summed E-state index contributed by atoms with van der Waals surface area (Å²) in [5, 5.41) is 16.0. The summed E-state index contributed by atoms with van der Waals surface area (Å²) in [4.78, 5) is 8.65. The molecule has 0 saturated carbocycles. The van der Waals surface area contributed by atoms with Gasteiger partial charge in [0, 0.05) is 24.8 Å². The summed E-state index contributed by atoms with van der Waals surface area (Å²) in [6, 6.07) is 7.28. The molecule has 3 aromatic heterocycles. The van der Waals surface area contributed by atoms with Gasteiger partial charge in [0.2, 0.25) is 0 Å². The van der Waals surface area contributed by atoms with E-state index in [1.54, 1.807) is 18.2 Å². The monoisotopic (exact) mass is 409 g/mol. The molecule has 1 saturated heterocycles. The number of anilines is 1. The van der Waals surface area contributed by atoms with Crippen molar-refractivity contribution in [2.75, 3.05) is 18.4 Å². The van der Waals surface area contributed by atoms with Crippen molar-refractivity contribution in [2.45, 2.75) is 30.9 Å². The molecule has 0 bridgehead atoms. The van der Waals surface area contributed by atoms with E-state index in [1.165, 1.54) is 28.9 Å². The van der Waals surface area contributed by atoms with Crippen LogP contribution in [0, 0.1) is 0 Å². The number of pyridine rings is 2. The molecule has 0 radical (unpaired) electrons. The first kappa shape index (κ1) is 19.6. The molecule has 1 fully saturated rings. The molecule has 3 aromatic rings. The predicted octanol–water partition coefficient (Wildman–Crippen LogP) is 2.89. The maximum absolute atomic E-state index is 13.8. The standard InChI is InChI=1S/C19H19F4N5O/c1-18(29,19(21,22)23)11-5-6-17-25-9-15(28(17)10-11)13-3-2-4-16(26-13)27-14-8-24-7-12(14)20/h2-6,9-10,12,14,24,29H,7-8H2,1H3,(H,26,27). The van der Waals surface area contributed by atoms with Crippen molar-refractivity contribution < 1.29 is 22.7 Å². The molecule has 0 amide bonds. The van der Waals surface area contributed by atoms with Crippen molar-refractivity contribution in [2.24, 2.45) is 0 Å². The van der Waals surface area contributed by atoms with E-state index in [1.807, 2.05) is 0 Å². The second-order valence-electron chi connectivity index (χ2n) is 7.19. The maximum Gasteiger partial charge on any atom is 0.421 e. The Morgan fingerprint density at radius 3 is 2.69 bits per heavy atom. The van der Waals surface area contributed by atoms with Crippen molar-refractivity contribution in [3.8, 4) is 11.4 Å². The van der Waals surface area contributed by atoms with Gasteiger partial charge in [0.05, 0.1) is 23.6 Å². The van der Waals surface area contributed by atoms with Gasteiger partial charge in [-0.3, -0.25) is 4.40 Å². The number of hydrogen-bond donors (Lipinski definition) is 3. The number of imidazole rings is 1. The summed E-state index contributed by atoms with van der Waals surface area (Å²) in [7, 11) is 0. The number of nitrogens with zero attached hydrogens (tertiary/aromatic N) is 3. The van der Waals surface area contributed by atoms with Crippen molar-refractivity contribution >= 4 is 11.5 Å². The number of rotatable bonds is 4. The van der Waals surface area contributed by atoms with Gasteiger partial charge < -0.3 is 15.7 Å². The number of aliphatic hydroxyl groups is 1. The Balaban J connectivity index is 1.71. The van der Waals surface area contributed by atoms with Crippen LogP contribution in [-0.2, 0) is 5.60 Å². The molecule has 3 unspecified atom stereocenters. The fourth-order valence-electron chi connectivity index (χ4n) is 3.26. The third-order valence-corrected chi connectivity index (χ3v) is 5.10. The number of halogens is 4. The van der Waals surface area contributed by atoms with E-state index in [0.29, 0.717) is 36.3 Å². The van der Waals surface area contributed by atoms with Crippen LogP contribution in [0.15, 0.2) is 42.7 Å². The normalized spacial score (nSPS) is 22.0. The second-order valence-corrected chi connectivity index (χ2v) is 7.19. The minimum absolute atomic E-state index is 0.270. The van der Waals surface area contributed by atoms with Crippen LogP contribution in [0.5, 0.6) is 0 Å². The van der Waals surface area contributed by atoms with Gasteiger partial charge in [0.15, 0.2) is 5.60 Å². The Morgan fingerprint density at radius 1 is 1.21 bits per heavy atom. The molecule has 3 atom stereocenters. The van der Waals surface area contributed by atoms with Crippen molar-refractivity contribution in [1.29, 1.82) is 0 Å². The van der Waals surface area contributed by atoms with Crippen LogP contribution in [0.3, 0.4) is 0 Å². The van der Waals surface area contributed by atoms with Gasteiger partial charge >= 0.3 is 6.18 Å². The van der Waals surface area contributed by atoms with Crippen LogP contribution >= 0.6 is 0 Å². The highest BCUT2D eigenvalue weighted by Crippen LogP contribution is 2.38. The van der Waals surface area contributed by atoms with E-state index in [-0.39, 0.29) is 12.1 Å². The second kappa shape index (κ2) is 6.96. The fraction of sp³-hybridized carbons (Fsp3) is 0.368. The van der Waals surface area contributed by atoms with E-state index >= 15 is 0 Å². The quantitative estimate of drug-likeness (QED) is 0.578. The largest absolute Gasteiger partial charge is 0.421 e. The van der Waals surface area contributed by atoms with Gasteiger partial charge in [0.1, 0.15) is 17.6 Å². The van der Waals surface area contributed by atoms with E-state index in [9.17, 15) is 22.7 Å². The molecule has 0 aliphatic carbocycles. The van der Waals surface area contributed by atoms with Crippen LogP contribution in [-0.4, -0.2) is 51.0 Å².